The van der Waals surface area contributed by atoms with Crippen molar-refractivity contribution in [1.82, 2.24) is 0 Å². The minimum absolute atomic E-state index is 0.00743. The van der Waals surface area contributed by atoms with Crippen LogP contribution in [-0.4, -0.2) is 28.9 Å². The number of ether oxygens (including phenoxy) is 2. The molecule has 1 N–H and O–H groups in total. The lowest BCUT2D eigenvalue weighted by Crippen LogP contribution is -2.61. The van der Waals surface area contributed by atoms with Crippen molar-refractivity contribution < 1.29 is 29.0 Å². The van der Waals surface area contributed by atoms with Gasteiger partial charge in [0.05, 0.1) is 0 Å². The van der Waals surface area contributed by atoms with Crippen LogP contribution >= 0.6 is 0 Å². The number of hydrogen-bond acceptors (Lipinski definition) is 5. The first kappa shape index (κ1) is 22.6. The highest BCUT2D eigenvalue weighted by Gasteiger charge is 2.66. The molecule has 6 heteroatoms. The van der Waals surface area contributed by atoms with E-state index in [1.807, 2.05) is 12.1 Å². The lowest BCUT2D eigenvalue weighted by molar-refractivity contribution is -0.164. The van der Waals surface area contributed by atoms with Gasteiger partial charge < -0.3 is 14.6 Å². The fraction of sp³-hybridized carbons (Fsp3) is 0.577. The molecule has 0 saturated heterocycles. The van der Waals surface area contributed by atoms with Gasteiger partial charge in [-0.15, -0.1) is 0 Å². The normalized spacial score (nSPS) is 27.3. The molecule has 1 aliphatic heterocycles. The molecule has 3 saturated carbocycles. The van der Waals surface area contributed by atoms with Crippen molar-refractivity contribution in [3.05, 3.63) is 35.4 Å². The number of esters is 1. The highest BCUT2D eigenvalue weighted by Crippen LogP contribution is 2.67. The quantitative estimate of drug-likeness (QED) is 0.372. The third kappa shape index (κ3) is 3.54. The van der Waals surface area contributed by atoms with Crippen molar-refractivity contribution in [2.75, 3.05) is 0 Å². The van der Waals surface area contributed by atoms with Gasteiger partial charge in [-0.2, -0.15) is 0 Å². The molecule has 1 aromatic rings. The average molecular weight is 441 g/mol. The largest absolute Gasteiger partial charge is 0.482 e. The van der Waals surface area contributed by atoms with E-state index in [9.17, 15) is 14.4 Å². The smallest absolute Gasteiger partial charge is 0.336 e. The Morgan fingerprint density at radius 2 is 2.00 bits per heavy atom. The number of fused-ring (bicyclic) bond motifs is 1. The van der Waals surface area contributed by atoms with Gasteiger partial charge in [-0.25, -0.2) is 9.59 Å². The average Bonchev–Trinajstić information content (AvgIpc) is 3.11. The van der Waals surface area contributed by atoms with Gasteiger partial charge in [-0.1, -0.05) is 47.5 Å². The first-order chi connectivity index (χ1) is 15.0. The summed E-state index contributed by atoms with van der Waals surface area (Å²) in [5, 5.41) is 8.85. The monoisotopic (exact) mass is 440 g/mol. The number of carboxylic acid groups (broad SMARTS) is 1. The molecule has 4 aliphatic rings. The van der Waals surface area contributed by atoms with Crippen LogP contribution in [0.25, 0.3) is 0 Å². The number of rotatable bonds is 7. The van der Waals surface area contributed by atoms with Crippen molar-refractivity contribution >= 4 is 17.7 Å². The molecule has 3 fully saturated rings. The second kappa shape index (κ2) is 7.75. The Bertz CT molecular complexity index is 1000. The molecule has 1 heterocycles. The predicted molar refractivity (Wildman–Crippen MR) is 119 cm³/mol. The molecule has 0 radical (unpaired) electrons. The number of Topliss-reactive ketones (excluding diaryl/α,β-unsaturated/α-hetero) is 1. The molecular formula is C26H32O6. The summed E-state index contributed by atoms with van der Waals surface area (Å²) in [5.74, 6) is -0.729. The minimum atomic E-state index is -1.22. The van der Waals surface area contributed by atoms with E-state index in [0.29, 0.717) is 11.5 Å². The zero-order valence-electron chi connectivity index (χ0n) is 19.4. The number of ketones is 1. The van der Waals surface area contributed by atoms with Crippen LogP contribution in [0, 0.1) is 17.3 Å². The second-order valence-electron chi connectivity index (χ2n) is 10.6. The van der Waals surface area contributed by atoms with Crippen LogP contribution in [0.5, 0.6) is 11.5 Å². The molecule has 2 bridgehead atoms. The van der Waals surface area contributed by atoms with Gasteiger partial charge in [0, 0.05) is 29.6 Å². The maximum Gasteiger partial charge on any atom is 0.336 e. The summed E-state index contributed by atoms with van der Waals surface area (Å²) in [6.07, 6.45) is 5.05. The van der Waals surface area contributed by atoms with E-state index in [0.717, 1.165) is 49.0 Å². The Balaban J connectivity index is 1.78. The molecular weight excluding hydrogens is 408 g/mol. The summed E-state index contributed by atoms with van der Waals surface area (Å²) in [6, 6.07) is 3.89. The lowest BCUT2D eigenvalue weighted by atomic mass is 9.44. The number of hydrogen-bond donors (Lipinski definition) is 1. The van der Waals surface area contributed by atoms with Gasteiger partial charge in [0.1, 0.15) is 11.5 Å². The van der Waals surface area contributed by atoms with Gasteiger partial charge in [0.15, 0.2) is 11.9 Å². The highest BCUT2D eigenvalue weighted by atomic mass is 16.5. The zero-order chi connectivity index (χ0) is 23.4. The van der Waals surface area contributed by atoms with Crippen molar-refractivity contribution in [2.45, 2.75) is 77.7 Å². The molecule has 6 nitrogen and oxygen atoms in total. The summed E-state index contributed by atoms with van der Waals surface area (Å²) in [4.78, 5) is 36.4. The first-order valence-electron chi connectivity index (χ1n) is 11.5. The summed E-state index contributed by atoms with van der Waals surface area (Å²) in [6.45, 7) is 10.7. The van der Waals surface area contributed by atoms with E-state index in [4.69, 9.17) is 14.6 Å². The van der Waals surface area contributed by atoms with Crippen molar-refractivity contribution in [3.63, 3.8) is 0 Å². The van der Waals surface area contributed by atoms with E-state index in [2.05, 4.69) is 34.6 Å². The fourth-order valence-corrected chi connectivity index (χ4v) is 5.81. The summed E-state index contributed by atoms with van der Waals surface area (Å²) < 4.78 is 11.9. The predicted octanol–water partition coefficient (Wildman–Crippen LogP) is 4.79. The van der Waals surface area contributed by atoms with E-state index in [-0.39, 0.29) is 34.4 Å². The molecule has 3 aliphatic carbocycles. The van der Waals surface area contributed by atoms with Crippen LogP contribution in [0.3, 0.4) is 0 Å². The zero-order valence-corrected chi connectivity index (χ0v) is 19.4. The van der Waals surface area contributed by atoms with Gasteiger partial charge in [0.25, 0.3) is 0 Å². The molecule has 0 aromatic heterocycles. The number of carboxylic acids is 1. The Kier molecular flexibility index (Phi) is 5.46. The van der Waals surface area contributed by atoms with Crippen molar-refractivity contribution in [3.8, 4) is 11.5 Å². The van der Waals surface area contributed by atoms with Crippen LogP contribution in [-0.2, 0) is 19.8 Å². The van der Waals surface area contributed by atoms with Gasteiger partial charge in [-0.05, 0) is 47.3 Å². The molecule has 0 unspecified atom stereocenters. The number of carbonyl (C=O) groups is 3. The van der Waals surface area contributed by atoms with E-state index >= 15 is 0 Å². The minimum Gasteiger partial charge on any atom is -0.482 e. The second-order valence-corrected chi connectivity index (χ2v) is 10.6. The molecule has 0 amide bonds. The Morgan fingerprint density at radius 1 is 1.28 bits per heavy atom. The van der Waals surface area contributed by atoms with Crippen LogP contribution in [0.4, 0.5) is 0 Å². The third-order valence-electron chi connectivity index (χ3n) is 7.93. The number of carbonyl (C=O) groups excluding carboxylic acids is 2. The molecule has 32 heavy (non-hydrogen) atoms. The Hall–Kier alpha value is -2.63. The Morgan fingerprint density at radius 3 is 2.62 bits per heavy atom. The van der Waals surface area contributed by atoms with E-state index < -0.39 is 18.0 Å². The maximum atomic E-state index is 13.2. The summed E-state index contributed by atoms with van der Waals surface area (Å²) in [5.41, 5.74) is 1.46. The van der Waals surface area contributed by atoms with E-state index in [1.165, 1.54) is 0 Å². The molecule has 0 spiro atoms. The summed E-state index contributed by atoms with van der Waals surface area (Å²) in [7, 11) is 0. The third-order valence-corrected chi connectivity index (χ3v) is 7.93. The van der Waals surface area contributed by atoms with Crippen LogP contribution < -0.4 is 9.47 Å². The van der Waals surface area contributed by atoms with Crippen LogP contribution in [0.1, 0.15) is 77.3 Å². The molecule has 4 atom stereocenters. The fourth-order valence-electron chi connectivity index (χ4n) is 5.81. The molecule has 172 valence electrons. The van der Waals surface area contributed by atoms with Crippen molar-refractivity contribution in [1.29, 1.82) is 0 Å². The SMILES string of the molecule is CCCCC(C)(C)c1cc(OC(=O)/C=C/C(=O)O)c2c(c1)O[C@H]1C(=O)[C@@H]3C[C@H]([C@@H]21)C3(C)C. The number of unbranched alkanes of at least 4 members (excludes halogenated alkanes) is 1. The van der Waals surface area contributed by atoms with Gasteiger partial charge >= 0.3 is 11.9 Å². The standard InChI is InChI=1S/C26H32O6/c1-6-7-10-25(2,3)14-11-17(31-20(29)9-8-19(27)28)22-18(12-14)32-24-21(22)15-13-16(23(24)30)26(15,4)5/h8-9,11-12,15-16,21,24H,6-7,10,13H2,1-5H3,(H,27,28)/b9-8+/t15-,16+,21+,24-/m1/s1. The van der Waals surface area contributed by atoms with Gasteiger partial charge in [0.2, 0.25) is 0 Å². The summed E-state index contributed by atoms with van der Waals surface area (Å²) >= 11 is 0. The number of benzene rings is 1. The van der Waals surface area contributed by atoms with Gasteiger partial charge in [-0.3, -0.25) is 4.79 Å². The molecule has 5 rings (SSSR count). The number of aliphatic carboxylic acids is 1. The molecule has 1 aromatic carbocycles. The lowest BCUT2D eigenvalue weighted by Gasteiger charge is -2.59. The maximum absolute atomic E-state index is 13.2. The highest BCUT2D eigenvalue weighted by molar-refractivity contribution is 5.93. The topological polar surface area (TPSA) is 89.9 Å². The van der Waals surface area contributed by atoms with Crippen LogP contribution in [0.15, 0.2) is 24.3 Å². The van der Waals surface area contributed by atoms with Crippen LogP contribution in [0.2, 0.25) is 0 Å². The Labute approximate surface area is 189 Å². The first-order valence-corrected chi connectivity index (χ1v) is 11.5. The van der Waals surface area contributed by atoms with Crippen molar-refractivity contribution in [2.24, 2.45) is 17.3 Å². The van der Waals surface area contributed by atoms with E-state index in [1.54, 1.807) is 0 Å².